The van der Waals surface area contributed by atoms with E-state index >= 15 is 0 Å². The van der Waals surface area contributed by atoms with E-state index in [2.05, 4.69) is 49.3 Å². The van der Waals surface area contributed by atoms with Crippen LogP contribution in [0.2, 0.25) is 5.02 Å². The van der Waals surface area contributed by atoms with Crippen molar-refractivity contribution in [3.63, 3.8) is 0 Å². The average Bonchev–Trinajstić information content (AvgIpc) is 2.88. The van der Waals surface area contributed by atoms with E-state index in [-0.39, 0.29) is 5.69 Å². The molecule has 9 nitrogen and oxygen atoms in total. The Labute approximate surface area is 214 Å². The Hall–Kier alpha value is -3.69. The van der Waals surface area contributed by atoms with Gasteiger partial charge < -0.3 is 15.1 Å². The Balaban J connectivity index is 1.50. The highest BCUT2D eigenvalue weighted by Crippen LogP contribution is 2.23. The number of para-hydroxylation sites is 1. The fourth-order valence-corrected chi connectivity index (χ4v) is 4.88. The smallest absolute Gasteiger partial charge is 0.335 e. The summed E-state index contributed by atoms with van der Waals surface area (Å²) in [4.78, 5) is 31.8. The molecule has 0 saturated carbocycles. The molecule has 1 aliphatic heterocycles. The molecule has 1 fully saturated rings. The minimum absolute atomic E-state index is 0.291. The second-order valence-corrected chi connectivity index (χ2v) is 9.43. The summed E-state index contributed by atoms with van der Waals surface area (Å²) in [5.41, 5.74) is 4.18. The van der Waals surface area contributed by atoms with E-state index in [9.17, 15) is 4.79 Å². The first kappa shape index (κ1) is 24.0. The zero-order valence-electron chi connectivity index (χ0n) is 20.9. The van der Waals surface area contributed by atoms with E-state index in [0.717, 1.165) is 37.4 Å². The van der Waals surface area contributed by atoms with Crippen molar-refractivity contribution in [2.45, 2.75) is 6.92 Å². The highest BCUT2D eigenvalue weighted by Gasteiger charge is 2.17. The molecule has 2 aromatic carbocycles. The first-order valence-corrected chi connectivity index (χ1v) is 12.2. The standard InChI is InChI=1S/C26H29ClN8O/c1-17-6-5-7-21(27)22(17)35-23(28-2)20-16-29-25(31-24(20)33(4)26(35)36)30-18-8-10-19(11-9-18)34-14-12-32(3)13-15-34/h5-11,16H,12-15H2,1-4H3,(H,29,30,31)/b28-23-. The molecule has 0 amide bonds. The van der Waals surface area contributed by atoms with Crippen molar-refractivity contribution in [1.82, 2.24) is 24.0 Å². The largest absolute Gasteiger partial charge is 0.369 e. The molecule has 1 saturated heterocycles. The summed E-state index contributed by atoms with van der Waals surface area (Å²) in [5, 5.41) is 4.38. The number of nitrogens with zero attached hydrogens (tertiary/aromatic N) is 7. The summed E-state index contributed by atoms with van der Waals surface area (Å²) in [6, 6.07) is 13.8. The van der Waals surface area contributed by atoms with Gasteiger partial charge in [-0.15, -0.1) is 0 Å². The Kier molecular flexibility index (Phi) is 6.51. The molecule has 1 N–H and O–H groups in total. The fourth-order valence-electron chi connectivity index (χ4n) is 4.58. The van der Waals surface area contributed by atoms with Gasteiger partial charge in [0.25, 0.3) is 0 Å². The van der Waals surface area contributed by atoms with Crippen LogP contribution in [0.4, 0.5) is 17.3 Å². The fraction of sp³-hybridized carbons (Fsp3) is 0.308. The van der Waals surface area contributed by atoms with E-state index in [0.29, 0.717) is 33.2 Å². The molecule has 10 heteroatoms. The number of hydrogen-bond donors (Lipinski definition) is 1. The first-order valence-electron chi connectivity index (χ1n) is 11.8. The quantitative estimate of drug-likeness (QED) is 0.460. The van der Waals surface area contributed by atoms with Gasteiger partial charge in [0.1, 0.15) is 5.49 Å². The van der Waals surface area contributed by atoms with Crippen LogP contribution in [0.25, 0.3) is 16.7 Å². The van der Waals surface area contributed by atoms with Crippen molar-refractivity contribution in [3.05, 3.63) is 75.2 Å². The second-order valence-electron chi connectivity index (χ2n) is 9.02. The molecule has 186 valence electrons. The summed E-state index contributed by atoms with van der Waals surface area (Å²) >= 11 is 6.49. The molecular formula is C26H29ClN8O. The van der Waals surface area contributed by atoms with Gasteiger partial charge in [-0.25, -0.2) is 14.3 Å². The minimum Gasteiger partial charge on any atom is -0.369 e. The molecule has 0 atom stereocenters. The van der Waals surface area contributed by atoms with Crippen molar-refractivity contribution in [2.24, 2.45) is 12.0 Å². The van der Waals surface area contributed by atoms with Gasteiger partial charge in [0.15, 0.2) is 5.65 Å². The van der Waals surface area contributed by atoms with Crippen LogP contribution >= 0.6 is 11.6 Å². The van der Waals surface area contributed by atoms with E-state index in [4.69, 9.17) is 11.6 Å². The maximum Gasteiger partial charge on any atom is 0.335 e. The number of fused-ring (bicyclic) bond motifs is 1. The number of rotatable bonds is 4. The van der Waals surface area contributed by atoms with Gasteiger partial charge in [0, 0.05) is 57.8 Å². The molecule has 3 heterocycles. The summed E-state index contributed by atoms with van der Waals surface area (Å²) in [5.74, 6) is 0.401. The van der Waals surface area contributed by atoms with E-state index in [1.165, 1.54) is 14.8 Å². The number of anilines is 3. The lowest BCUT2D eigenvalue weighted by Crippen LogP contribution is -2.44. The topological polar surface area (TPSA) is 83.6 Å². The molecule has 0 aliphatic carbocycles. The summed E-state index contributed by atoms with van der Waals surface area (Å²) in [7, 11) is 5.48. The maximum atomic E-state index is 13.5. The van der Waals surface area contributed by atoms with Crippen LogP contribution in [0.1, 0.15) is 5.56 Å². The third kappa shape index (κ3) is 4.36. The number of nitrogens with one attached hydrogen (secondary N) is 1. The van der Waals surface area contributed by atoms with Crippen molar-refractivity contribution in [2.75, 3.05) is 50.5 Å². The Morgan fingerprint density at radius 2 is 1.75 bits per heavy atom. The van der Waals surface area contributed by atoms with Crippen LogP contribution in [-0.4, -0.2) is 64.3 Å². The average molecular weight is 505 g/mol. The van der Waals surface area contributed by atoms with Crippen LogP contribution in [-0.2, 0) is 7.05 Å². The third-order valence-corrected chi connectivity index (χ3v) is 6.94. The summed E-state index contributed by atoms with van der Waals surface area (Å²) in [6.45, 7) is 6.07. The zero-order chi connectivity index (χ0) is 25.4. The lowest BCUT2D eigenvalue weighted by molar-refractivity contribution is 0.313. The van der Waals surface area contributed by atoms with Crippen molar-refractivity contribution >= 4 is 40.0 Å². The minimum atomic E-state index is -0.291. The lowest BCUT2D eigenvalue weighted by atomic mass is 10.2. The molecular weight excluding hydrogens is 476 g/mol. The molecule has 0 unspecified atom stereocenters. The molecule has 0 bridgehead atoms. The van der Waals surface area contributed by atoms with Crippen molar-refractivity contribution in [1.29, 1.82) is 0 Å². The number of aryl methyl sites for hydroxylation is 2. The monoisotopic (exact) mass is 504 g/mol. The van der Waals surface area contributed by atoms with Gasteiger partial charge in [-0.1, -0.05) is 23.7 Å². The molecule has 5 rings (SSSR count). The van der Waals surface area contributed by atoms with Crippen LogP contribution in [0, 0.1) is 6.92 Å². The van der Waals surface area contributed by atoms with Crippen LogP contribution in [0.15, 0.2) is 58.4 Å². The van der Waals surface area contributed by atoms with Gasteiger partial charge in [0.2, 0.25) is 5.95 Å². The van der Waals surface area contributed by atoms with E-state index in [1.807, 2.05) is 31.2 Å². The highest BCUT2D eigenvalue weighted by molar-refractivity contribution is 6.32. The molecule has 2 aromatic heterocycles. The predicted octanol–water partition coefficient (Wildman–Crippen LogP) is 3.11. The predicted molar refractivity (Wildman–Crippen MR) is 145 cm³/mol. The SMILES string of the molecule is C/N=c1/c2cnc(Nc3ccc(N4CCN(C)CC4)cc3)nc2n(C)c(=O)n1-c1c(C)cccc1Cl. The summed E-state index contributed by atoms with van der Waals surface area (Å²) < 4.78 is 3.02. The Morgan fingerprint density at radius 1 is 1.03 bits per heavy atom. The van der Waals surface area contributed by atoms with Crippen LogP contribution in [0.5, 0.6) is 0 Å². The van der Waals surface area contributed by atoms with Gasteiger partial charge in [-0.3, -0.25) is 9.56 Å². The van der Waals surface area contributed by atoms with Crippen LogP contribution in [0.3, 0.4) is 0 Å². The first-order chi connectivity index (χ1) is 17.4. The lowest BCUT2D eigenvalue weighted by Gasteiger charge is -2.34. The molecule has 1 aliphatic rings. The second kappa shape index (κ2) is 9.75. The zero-order valence-corrected chi connectivity index (χ0v) is 21.6. The summed E-state index contributed by atoms with van der Waals surface area (Å²) in [6.07, 6.45) is 1.69. The highest BCUT2D eigenvalue weighted by atomic mass is 35.5. The molecule has 36 heavy (non-hydrogen) atoms. The third-order valence-electron chi connectivity index (χ3n) is 6.63. The van der Waals surface area contributed by atoms with Gasteiger partial charge >= 0.3 is 5.69 Å². The number of benzene rings is 2. The molecule has 4 aromatic rings. The number of halogens is 1. The number of hydrogen-bond acceptors (Lipinski definition) is 7. The maximum absolute atomic E-state index is 13.5. The number of likely N-dealkylation sites (N-methyl/N-ethyl adjacent to an activating group) is 1. The number of aromatic nitrogens is 4. The van der Waals surface area contributed by atoms with Gasteiger partial charge in [0.05, 0.1) is 16.1 Å². The van der Waals surface area contributed by atoms with E-state index in [1.54, 1.807) is 26.4 Å². The Bertz CT molecular complexity index is 1530. The molecule has 0 radical (unpaired) electrons. The number of piperazine rings is 1. The van der Waals surface area contributed by atoms with Gasteiger partial charge in [-0.05, 0) is 49.9 Å². The molecule has 0 spiro atoms. The van der Waals surface area contributed by atoms with E-state index < -0.39 is 0 Å². The van der Waals surface area contributed by atoms with Crippen molar-refractivity contribution in [3.8, 4) is 5.69 Å². The Morgan fingerprint density at radius 3 is 2.42 bits per heavy atom. The normalized spacial score (nSPS) is 15.0. The van der Waals surface area contributed by atoms with Gasteiger partial charge in [-0.2, -0.15) is 4.98 Å². The van der Waals surface area contributed by atoms with Crippen molar-refractivity contribution < 1.29 is 0 Å². The van der Waals surface area contributed by atoms with Crippen LogP contribution < -0.4 is 21.4 Å².